The summed E-state index contributed by atoms with van der Waals surface area (Å²) in [6.07, 6.45) is 1.43. The molecule has 0 aliphatic heterocycles. The number of nitrogens with zero attached hydrogens (tertiary/aromatic N) is 3. The molecule has 2 heterocycles. The van der Waals surface area contributed by atoms with Crippen molar-refractivity contribution in [2.24, 2.45) is 0 Å². The highest BCUT2D eigenvalue weighted by atomic mass is 16.5. The molecule has 4 aromatic rings. The van der Waals surface area contributed by atoms with E-state index < -0.39 is 0 Å². The summed E-state index contributed by atoms with van der Waals surface area (Å²) in [4.78, 5) is 8.60. The van der Waals surface area contributed by atoms with E-state index in [1.54, 1.807) is 7.11 Å². The quantitative estimate of drug-likeness (QED) is 0.530. The molecule has 2 aromatic heterocycles. The fraction of sp³-hybridized carbons (Fsp3) is 0.0952. The highest BCUT2D eigenvalue weighted by molar-refractivity contribution is 6.05. The van der Waals surface area contributed by atoms with E-state index in [2.05, 4.69) is 21.4 Å². The molecular weight excluding hydrogens is 340 g/mol. The minimum atomic E-state index is 0.139. The first-order valence-corrected chi connectivity index (χ1v) is 8.40. The van der Waals surface area contributed by atoms with E-state index >= 15 is 0 Å². The zero-order valence-electron chi connectivity index (χ0n) is 14.6. The lowest BCUT2D eigenvalue weighted by Crippen LogP contribution is -2.01. The summed E-state index contributed by atoms with van der Waals surface area (Å²) >= 11 is 0. The van der Waals surface area contributed by atoms with Crippen LogP contribution in [0.3, 0.4) is 0 Å². The number of hydrogen-bond donors (Lipinski definition) is 1. The Morgan fingerprint density at radius 1 is 1.04 bits per heavy atom. The van der Waals surface area contributed by atoms with Gasteiger partial charge in [0.2, 0.25) is 5.71 Å². The molecule has 0 radical (unpaired) electrons. The predicted octanol–water partition coefficient (Wildman–Crippen LogP) is 4.50. The van der Waals surface area contributed by atoms with Crippen LogP contribution < -0.4 is 10.1 Å². The molecule has 27 heavy (non-hydrogen) atoms. The van der Waals surface area contributed by atoms with Crippen molar-refractivity contribution in [3.63, 3.8) is 0 Å². The minimum Gasteiger partial charge on any atom is -0.497 e. The van der Waals surface area contributed by atoms with Gasteiger partial charge in [0.15, 0.2) is 0 Å². The van der Waals surface area contributed by atoms with Crippen LogP contribution in [0.1, 0.15) is 0 Å². The van der Waals surface area contributed by atoms with E-state index in [0.29, 0.717) is 17.3 Å². The Morgan fingerprint density at radius 2 is 1.81 bits per heavy atom. The van der Waals surface area contributed by atoms with Gasteiger partial charge in [0, 0.05) is 11.1 Å². The van der Waals surface area contributed by atoms with Gasteiger partial charge in [-0.2, -0.15) is 5.26 Å². The maximum absolute atomic E-state index is 8.93. The van der Waals surface area contributed by atoms with Gasteiger partial charge in [0.05, 0.1) is 18.6 Å². The molecule has 132 valence electrons. The van der Waals surface area contributed by atoms with Crippen LogP contribution in [0, 0.1) is 11.3 Å². The number of nitriles is 1. The number of hydrogen-bond acceptors (Lipinski definition) is 6. The number of benzene rings is 2. The molecule has 0 fully saturated rings. The van der Waals surface area contributed by atoms with Crippen LogP contribution in [-0.2, 0) is 0 Å². The Bertz CT molecular complexity index is 1110. The van der Waals surface area contributed by atoms with E-state index in [9.17, 15) is 0 Å². The molecule has 6 nitrogen and oxygen atoms in total. The number of anilines is 1. The summed E-state index contributed by atoms with van der Waals surface area (Å²) in [7, 11) is 1.63. The number of methoxy groups -OCH3 is 1. The minimum absolute atomic E-state index is 0.139. The van der Waals surface area contributed by atoms with Gasteiger partial charge in [-0.15, -0.1) is 0 Å². The fourth-order valence-electron chi connectivity index (χ4n) is 3.02. The van der Waals surface area contributed by atoms with E-state index in [1.165, 1.54) is 6.33 Å². The SMILES string of the molecule is COc1ccc(-c2c(-c3ccccc3)oc3ncnc(NCC#N)c23)cc1. The Hall–Kier alpha value is -3.85. The van der Waals surface area contributed by atoms with Gasteiger partial charge >= 0.3 is 0 Å². The van der Waals surface area contributed by atoms with Crippen molar-refractivity contribution < 1.29 is 9.15 Å². The lowest BCUT2D eigenvalue weighted by molar-refractivity contribution is 0.415. The Balaban J connectivity index is 2.00. The second-order valence-electron chi connectivity index (χ2n) is 5.81. The van der Waals surface area contributed by atoms with E-state index in [-0.39, 0.29) is 6.54 Å². The number of furan rings is 1. The molecule has 0 saturated carbocycles. The van der Waals surface area contributed by atoms with E-state index in [0.717, 1.165) is 27.8 Å². The normalized spacial score (nSPS) is 10.5. The largest absolute Gasteiger partial charge is 0.497 e. The topological polar surface area (TPSA) is 84.0 Å². The zero-order chi connectivity index (χ0) is 18.6. The van der Waals surface area contributed by atoms with Gasteiger partial charge in [-0.1, -0.05) is 42.5 Å². The number of nitrogens with one attached hydrogen (secondary N) is 1. The molecule has 0 amide bonds. The van der Waals surface area contributed by atoms with Crippen LogP contribution >= 0.6 is 0 Å². The van der Waals surface area contributed by atoms with Crippen LogP contribution in [-0.4, -0.2) is 23.6 Å². The zero-order valence-corrected chi connectivity index (χ0v) is 14.6. The van der Waals surface area contributed by atoms with Crippen LogP contribution in [0.15, 0.2) is 65.3 Å². The Kier molecular flexibility index (Phi) is 4.42. The summed E-state index contributed by atoms with van der Waals surface area (Å²) in [5, 5.41) is 12.7. The molecule has 0 spiro atoms. The molecule has 0 saturated heterocycles. The maximum atomic E-state index is 8.93. The van der Waals surface area contributed by atoms with Crippen molar-refractivity contribution in [1.82, 2.24) is 9.97 Å². The van der Waals surface area contributed by atoms with Crippen LogP contribution in [0.25, 0.3) is 33.6 Å². The van der Waals surface area contributed by atoms with Gasteiger partial charge < -0.3 is 14.5 Å². The van der Waals surface area contributed by atoms with Crippen molar-refractivity contribution in [1.29, 1.82) is 5.26 Å². The molecule has 4 rings (SSSR count). The fourth-order valence-corrected chi connectivity index (χ4v) is 3.02. The van der Waals surface area contributed by atoms with Crippen LogP contribution in [0.4, 0.5) is 5.82 Å². The van der Waals surface area contributed by atoms with Crippen molar-refractivity contribution in [2.45, 2.75) is 0 Å². The maximum Gasteiger partial charge on any atom is 0.232 e. The molecule has 0 bridgehead atoms. The summed E-state index contributed by atoms with van der Waals surface area (Å²) in [6.45, 7) is 0.139. The third-order valence-corrected chi connectivity index (χ3v) is 4.24. The lowest BCUT2D eigenvalue weighted by atomic mass is 9.99. The standard InChI is InChI=1S/C21H16N4O2/c1-26-16-9-7-14(8-10-16)17-18-20(23-12-11-22)24-13-25-21(18)27-19(17)15-5-3-2-4-6-15/h2-10,13H,12H2,1H3,(H,23,24,25). The third-order valence-electron chi connectivity index (χ3n) is 4.24. The molecule has 2 aromatic carbocycles. The highest BCUT2D eigenvalue weighted by Crippen LogP contribution is 2.42. The van der Waals surface area contributed by atoms with Crippen molar-refractivity contribution in [3.05, 3.63) is 60.9 Å². The van der Waals surface area contributed by atoms with Crippen molar-refractivity contribution in [2.75, 3.05) is 19.0 Å². The average Bonchev–Trinajstić information content (AvgIpc) is 3.13. The summed E-state index contributed by atoms with van der Waals surface area (Å²) in [5.74, 6) is 2.04. The first kappa shape index (κ1) is 16.6. The number of fused-ring (bicyclic) bond motifs is 1. The third kappa shape index (κ3) is 3.07. The second kappa shape index (κ2) is 7.18. The second-order valence-corrected chi connectivity index (χ2v) is 5.81. The van der Waals surface area contributed by atoms with Gasteiger partial charge in [0.1, 0.15) is 30.2 Å². The van der Waals surface area contributed by atoms with Crippen LogP contribution in [0.5, 0.6) is 5.75 Å². The average molecular weight is 356 g/mol. The monoisotopic (exact) mass is 356 g/mol. The lowest BCUT2D eigenvalue weighted by Gasteiger charge is -2.07. The van der Waals surface area contributed by atoms with Gasteiger partial charge in [-0.3, -0.25) is 0 Å². The van der Waals surface area contributed by atoms with Crippen molar-refractivity contribution in [3.8, 4) is 34.3 Å². The van der Waals surface area contributed by atoms with E-state index in [4.69, 9.17) is 14.4 Å². The van der Waals surface area contributed by atoms with Crippen molar-refractivity contribution >= 4 is 16.9 Å². The molecule has 0 atom stereocenters. The Labute approximate surface area is 156 Å². The summed E-state index contributed by atoms with van der Waals surface area (Å²) < 4.78 is 11.4. The number of aromatic nitrogens is 2. The van der Waals surface area contributed by atoms with Gasteiger partial charge in [-0.05, 0) is 17.7 Å². The molecule has 0 aliphatic rings. The highest BCUT2D eigenvalue weighted by Gasteiger charge is 2.21. The molecule has 6 heteroatoms. The predicted molar refractivity (Wildman–Crippen MR) is 103 cm³/mol. The molecule has 1 N–H and O–H groups in total. The first-order chi connectivity index (χ1) is 13.3. The summed E-state index contributed by atoms with van der Waals surface area (Å²) in [5.41, 5.74) is 3.23. The van der Waals surface area contributed by atoms with Crippen LogP contribution in [0.2, 0.25) is 0 Å². The molecule has 0 unspecified atom stereocenters. The summed E-state index contributed by atoms with van der Waals surface area (Å²) in [6, 6.07) is 19.7. The smallest absolute Gasteiger partial charge is 0.232 e. The molecular formula is C21H16N4O2. The number of rotatable bonds is 5. The Morgan fingerprint density at radius 3 is 2.52 bits per heavy atom. The number of ether oxygens (including phenoxy) is 1. The van der Waals surface area contributed by atoms with Gasteiger partial charge in [0.25, 0.3) is 0 Å². The molecule has 0 aliphatic carbocycles. The first-order valence-electron chi connectivity index (χ1n) is 8.40. The van der Waals surface area contributed by atoms with E-state index in [1.807, 2.05) is 54.6 Å². The van der Waals surface area contributed by atoms with Gasteiger partial charge in [-0.25, -0.2) is 9.97 Å².